The van der Waals surface area contributed by atoms with Gasteiger partial charge in [-0.15, -0.1) is 0 Å². The summed E-state index contributed by atoms with van der Waals surface area (Å²) in [4.78, 5) is 26.8. The third kappa shape index (κ3) is 3.81. The van der Waals surface area contributed by atoms with E-state index in [1.807, 2.05) is 0 Å². The van der Waals surface area contributed by atoms with Crippen LogP contribution in [0, 0.1) is 0 Å². The molecule has 1 aliphatic heterocycles. The number of carbonyl (C=O) groups is 2. The molecule has 1 aliphatic rings. The van der Waals surface area contributed by atoms with Crippen LogP contribution in [0.2, 0.25) is 0 Å². The van der Waals surface area contributed by atoms with Crippen molar-refractivity contribution in [3.8, 4) is 5.88 Å². The number of hydrogen-bond acceptors (Lipinski definition) is 5. The normalized spacial score (nSPS) is 14.4. The van der Waals surface area contributed by atoms with E-state index in [9.17, 15) is 9.59 Å². The van der Waals surface area contributed by atoms with Crippen molar-refractivity contribution in [1.82, 2.24) is 4.98 Å². The molecule has 6 nitrogen and oxygen atoms in total. The molecule has 0 radical (unpaired) electrons. The fourth-order valence-corrected chi connectivity index (χ4v) is 1.58. The molecule has 106 valence electrons. The van der Waals surface area contributed by atoms with Crippen molar-refractivity contribution in [2.75, 3.05) is 11.9 Å². The standard InChI is InChI=1S/C14H16N2O4/c1-14(2,3)20-12(18)5-4-9-6-10-13(15-7-9)19-8-11(17)16-10/h4-7H,8H2,1-3H3,(H,16,17)/b5-4+. The number of aromatic nitrogens is 1. The number of rotatable bonds is 2. The predicted octanol–water partition coefficient (Wildman–Crippen LogP) is 1.77. The molecule has 0 aliphatic carbocycles. The van der Waals surface area contributed by atoms with Gasteiger partial charge in [-0.05, 0) is 38.5 Å². The van der Waals surface area contributed by atoms with Gasteiger partial charge in [-0.1, -0.05) is 0 Å². The Hall–Kier alpha value is -2.37. The number of hydrogen-bond donors (Lipinski definition) is 1. The van der Waals surface area contributed by atoms with Crippen LogP contribution in [-0.2, 0) is 14.3 Å². The van der Waals surface area contributed by atoms with Crippen molar-refractivity contribution in [1.29, 1.82) is 0 Å². The molecule has 20 heavy (non-hydrogen) atoms. The molecule has 0 saturated carbocycles. The number of esters is 1. The van der Waals surface area contributed by atoms with Gasteiger partial charge in [-0.25, -0.2) is 9.78 Å². The van der Waals surface area contributed by atoms with Gasteiger partial charge in [0.05, 0.1) is 0 Å². The highest BCUT2D eigenvalue weighted by Crippen LogP contribution is 2.25. The van der Waals surface area contributed by atoms with Crippen LogP contribution in [0.3, 0.4) is 0 Å². The second-order valence-electron chi connectivity index (χ2n) is 5.33. The van der Waals surface area contributed by atoms with E-state index in [1.165, 1.54) is 6.08 Å². The maximum atomic E-state index is 11.5. The van der Waals surface area contributed by atoms with Crippen molar-refractivity contribution >= 4 is 23.6 Å². The summed E-state index contributed by atoms with van der Waals surface area (Å²) in [5, 5.41) is 2.65. The summed E-state index contributed by atoms with van der Waals surface area (Å²) in [6.45, 7) is 5.36. The first-order chi connectivity index (χ1) is 9.33. The third-order valence-electron chi connectivity index (χ3n) is 2.31. The number of amides is 1. The van der Waals surface area contributed by atoms with Crippen molar-refractivity contribution in [3.05, 3.63) is 23.9 Å². The van der Waals surface area contributed by atoms with E-state index in [0.717, 1.165) is 0 Å². The van der Waals surface area contributed by atoms with Crippen molar-refractivity contribution in [2.45, 2.75) is 26.4 Å². The van der Waals surface area contributed by atoms with Crippen molar-refractivity contribution < 1.29 is 19.1 Å². The van der Waals surface area contributed by atoms with Gasteiger partial charge in [0.25, 0.3) is 5.91 Å². The van der Waals surface area contributed by atoms with Crippen LogP contribution in [-0.4, -0.2) is 29.1 Å². The summed E-state index contributed by atoms with van der Waals surface area (Å²) in [6.07, 6.45) is 4.44. The number of anilines is 1. The van der Waals surface area contributed by atoms with Crippen molar-refractivity contribution in [2.24, 2.45) is 0 Å². The summed E-state index contributed by atoms with van der Waals surface area (Å²) >= 11 is 0. The highest BCUT2D eigenvalue weighted by atomic mass is 16.6. The number of pyridine rings is 1. The molecule has 0 atom stereocenters. The smallest absolute Gasteiger partial charge is 0.331 e. The summed E-state index contributed by atoms with van der Waals surface area (Å²) in [7, 11) is 0. The average Bonchev–Trinajstić information content (AvgIpc) is 2.33. The molecule has 1 aromatic heterocycles. The zero-order chi connectivity index (χ0) is 14.8. The zero-order valence-electron chi connectivity index (χ0n) is 11.6. The van der Waals surface area contributed by atoms with Gasteiger partial charge in [0.15, 0.2) is 6.61 Å². The van der Waals surface area contributed by atoms with Crippen LogP contribution >= 0.6 is 0 Å². The van der Waals surface area contributed by atoms with Crippen LogP contribution < -0.4 is 10.1 Å². The Labute approximate surface area is 116 Å². The van der Waals surface area contributed by atoms with E-state index >= 15 is 0 Å². The topological polar surface area (TPSA) is 77.5 Å². The van der Waals surface area contributed by atoms with E-state index in [2.05, 4.69) is 10.3 Å². The van der Waals surface area contributed by atoms with Gasteiger partial charge in [0.2, 0.25) is 5.88 Å². The largest absolute Gasteiger partial charge is 0.466 e. The first-order valence-corrected chi connectivity index (χ1v) is 6.17. The Morgan fingerprint density at radius 1 is 1.50 bits per heavy atom. The van der Waals surface area contributed by atoms with Gasteiger partial charge >= 0.3 is 5.97 Å². The Balaban J connectivity index is 2.09. The van der Waals surface area contributed by atoms with Crippen LogP contribution in [0.15, 0.2) is 18.3 Å². The van der Waals surface area contributed by atoms with Gasteiger partial charge < -0.3 is 14.8 Å². The molecule has 1 aromatic rings. The van der Waals surface area contributed by atoms with E-state index in [1.54, 1.807) is 39.1 Å². The highest BCUT2D eigenvalue weighted by molar-refractivity contribution is 5.95. The molecule has 0 aromatic carbocycles. The molecule has 0 spiro atoms. The Kier molecular flexibility index (Phi) is 3.74. The third-order valence-corrected chi connectivity index (χ3v) is 2.31. The summed E-state index contributed by atoms with van der Waals surface area (Å²) in [5.74, 6) is -0.290. The average molecular weight is 276 g/mol. The van der Waals surface area contributed by atoms with Gasteiger partial charge in [0.1, 0.15) is 11.3 Å². The van der Waals surface area contributed by atoms with E-state index in [4.69, 9.17) is 9.47 Å². The molecule has 1 amide bonds. The molecule has 1 N–H and O–H groups in total. The van der Waals surface area contributed by atoms with Gasteiger partial charge in [-0.2, -0.15) is 0 Å². The number of nitrogens with zero attached hydrogens (tertiary/aromatic N) is 1. The molecular formula is C14H16N2O4. The lowest BCUT2D eigenvalue weighted by atomic mass is 10.2. The summed E-state index contributed by atoms with van der Waals surface area (Å²) < 4.78 is 10.3. The van der Waals surface area contributed by atoms with Crippen LogP contribution in [0.4, 0.5) is 5.69 Å². The molecule has 0 unspecified atom stereocenters. The summed E-state index contributed by atoms with van der Waals surface area (Å²) in [5.41, 5.74) is 0.630. The fraction of sp³-hybridized carbons (Fsp3) is 0.357. The molecule has 6 heteroatoms. The maximum absolute atomic E-state index is 11.5. The number of fused-ring (bicyclic) bond motifs is 1. The van der Waals surface area contributed by atoms with E-state index in [-0.39, 0.29) is 12.5 Å². The molecule has 0 saturated heterocycles. The first-order valence-electron chi connectivity index (χ1n) is 6.17. The maximum Gasteiger partial charge on any atom is 0.331 e. The lowest BCUT2D eigenvalue weighted by Gasteiger charge is -2.18. The SMILES string of the molecule is CC(C)(C)OC(=O)/C=C/c1cnc2c(c1)NC(=O)CO2. The highest BCUT2D eigenvalue weighted by Gasteiger charge is 2.17. The predicted molar refractivity (Wildman–Crippen MR) is 73.2 cm³/mol. The molecule has 0 fully saturated rings. The second kappa shape index (κ2) is 5.32. The number of carbonyl (C=O) groups excluding carboxylic acids is 2. The van der Waals surface area contributed by atoms with E-state index in [0.29, 0.717) is 17.1 Å². The first kappa shape index (κ1) is 14.0. The number of nitrogens with one attached hydrogen (secondary N) is 1. The minimum absolute atomic E-state index is 0.0346. The van der Waals surface area contributed by atoms with Crippen molar-refractivity contribution in [3.63, 3.8) is 0 Å². The van der Waals surface area contributed by atoms with Gasteiger partial charge in [0, 0.05) is 12.3 Å². The Bertz CT molecular complexity index is 573. The lowest BCUT2D eigenvalue weighted by Crippen LogP contribution is -2.26. The quantitative estimate of drug-likeness (QED) is 0.658. The monoisotopic (exact) mass is 276 g/mol. The fourth-order valence-electron chi connectivity index (χ4n) is 1.58. The van der Waals surface area contributed by atoms with Gasteiger partial charge in [-0.3, -0.25) is 4.79 Å². The Morgan fingerprint density at radius 3 is 2.95 bits per heavy atom. The minimum atomic E-state index is -0.530. The van der Waals surface area contributed by atoms with Crippen LogP contribution in [0.25, 0.3) is 6.08 Å². The zero-order valence-corrected chi connectivity index (χ0v) is 11.6. The molecular weight excluding hydrogens is 260 g/mol. The molecule has 2 heterocycles. The molecule has 0 bridgehead atoms. The van der Waals surface area contributed by atoms with E-state index < -0.39 is 11.6 Å². The van der Waals surface area contributed by atoms with Crippen LogP contribution in [0.5, 0.6) is 5.88 Å². The lowest BCUT2D eigenvalue weighted by molar-refractivity contribution is -0.148. The molecule has 2 rings (SSSR count). The Morgan fingerprint density at radius 2 is 2.25 bits per heavy atom. The minimum Gasteiger partial charge on any atom is -0.466 e. The number of ether oxygens (including phenoxy) is 2. The second-order valence-corrected chi connectivity index (χ2v) is 5.33. The summed E-state index contributed by atoms with van der Waals surface area (Å²) in [6, 6.07) is 1.68. The van der Waals surface area contributed by atoms with Crippen LogP contribution in [0.1, 0.15) is 26.3 Å².